The lowest BCUT2D eigenvalue weighted by Gasteiger charge is -2.00. The van der Waals surface area contributed by atoms with Crippen LogP contribution in [-0.2, 0) is 0 Å². The molecule has 0 aliphatic carbocycles. The highest BCUT2D eigenvalue weighted by atomic mass is 35.5. The van der Waals surface area contributed by atoms with E-state index in [2.05, 4.69) is 9.68 Å². The number of hydrogen-bond donors (Lipinski definition) is 1. The molecule has 78 valence electrons. The third kappa shape index (κ3) is 1.91. The van der Waals surface area contributed by atoms with Crippen LogP contribution in [0.5, 0.6) is 0 Å². The molecule has 0 unspecified atom stereocenters. The quantitative estimate of drug-likeness (QED) is 0.786. The molecule has 1 aromatic heterocycles. The maximum Gasteiger partial charge on any atom is 0.222 e. The number of rotatable bonds is 1. The van der Waals surface area contributed by atoms with Crippen molar-refractivity contribution < 1.29 is 8.91 Å². The summed E-state index contributed by atoms with van der Waals surface area (Å²) in [4.78, 5) is 0. The Labute approximate surface area is 94.6 Å². The van der Waals surface area contributed by atoms with E-state index < -0.39 is 5.82 Å². The molecule has 1 heterocycles. The van der Waals surface area contributed by atoms with E-state index in [1.807, 2.05) is 0 Å². The van der Waals surface area contributed by atoms with Gasteiger partial charge in [0, 0.05) is 11.6 Å². The smallest absolute Gasteiger partial charge is 0.222 e. The molecule has 15 heavy (non-hydrogen) atoms. The molecule has 2 rings (SSSR count). The summed E-state index contributed by atoms with van der Waals surface area (Å²) in [7, 11) is 0. The summed E-state index contributed by atoms with van der Waals surface area (Å²) >= 11 is 11.3. The van der Waals surface area contributed by atoms with Gasteiger partial charge in [-0.25, -0.2) is 4.39 Å². The van der Waals surface area contributed by atoms with Crippen LogP contribution in [0.2, 0.25) is 10.0 Å². The number of halogens is 3. The lowest BCUT2D eigenvalue weighted by atomic mass is 10.1. The topological polar surface area (TPSA) is 52.0 Å². The largest absolute Gasteiger partial charge is 0.368 e. The minimum atomic E-state index is -0.654. The van der Waals surface area contributed by atoms with Crippen molar-refractivity contribution in [2.75, 3.05) is 5.73 Å². The predicted molar refractivity (Wildman–Crippen MR) is 56.3 cm³/mol. The highest BCUT2D eigenvalue weighted by molar-refractivity contribution is 6.35. The van der Waals surface area contributed by atoms with Gasteiger partial charge in [0.05, 0.1) is 10.0 Å². The van der Waals surface area contributed by atoms with Gasteiger partial charge in [0.2, 0.25) is 5.88 Å². The van der Waals surface area contributed by atoms with Gasteiger partial charge >= 0.3 is 0 Å². The van der Waals surface area contributed by atoms with Gasteiger partial charge in [-0.2, -0.15) is 0 Å². The first-order chi connectivity index (χ1) is 7.08. The van der Waals surface area contributed by atoms with Crippen LogP contribution in [0.3, 0.4) is 0 Å². The second-order valence-electron chi connectivity index (χ2n) is 2.87. The van der Waals surface area contributed by atoms with Crippen LogP contribution in [0.1, 0.15) is 0 Å². The fourth-order valence-electron chi connectivity index (χ4n) is 1.13. The highest BCUT2D eigenvalue weighted by Crippen LogP contribution is 2.30. The molecule has 2 N–H and O–H groups in total. The zero-order chi connectivity index (χ0) is 11.0. The van der Waals surface area contributed by atoms with Gasteiger partial charge in [0.1, 0.15) is 5.69 Å². The maximum atomic E-state index is 13.1. The molecule has 0 radical (unpaired) electrons. The second-order valence-corrected chi connectivity index (χ2v) is 3.68. The van der Waals surface area contributed by atoms with Gasteiger partial charge in [0.15, 0.2) is 5.82 Å². The van der Waals surface area contributed by atoms with E-state index in [4.69, 9.17) is 28.9 Å². The third-order valence-corrected chi connectivity index (χ3v) is 2.36. The number of hydrogen-bond acceptors (Lipinski definition) is 3. The van der Waals surface area contributed by atoms with Crippen molar-refractivity contribution >= 4 is 29.1 Å². The van der Waals surface area contributed by atoms with E-state index >= 15 is 0 Å². The summed E-state index contributed by atoms with van der Waals surface area (Å²) in [5.74, 6) is -0.486. The number of nitrogen functional groups attached to an aromatic ring is 1. The van der Waals surface area contributed by atoms with E-state index in [9.17, 15) is 4.39 Å². The van der Waals surface area contributed by atoms with Gasteiger partial charge in [-0.05, 0) is 12.1 Å². The van der Waals surface area contributed by atoms with Crippen molar-refractivity contribution in [1.82, 2.24) is 5.16 Å². The lowest BCUT2D eigenvalue weighted by molar-refractivity contribution is 0.439. The molecule has 1 aromatic carbocycles. The summed E-state index contributed by atoms with van der Waals surface area (Å²) in [6.45, 7) is 0. The van der Waals surface area contributed by atoms with Gasteiger partial charge in [-0.1, -0.05) is 28.4 Å². The first-order valence-electron chi connectivity index (χ1n) is 3.95. The van der Waals surface area contributed by atoms with Crippen LogP contribution >= 0.6 is 23.2 Å². The Bertz CT molecular complexity index is 490. The van der Waals surface area contributed by atoms with Crippen LogP contribution in [0.4, 0.5) is 10.3 Å². The Hall–Kier alpha value is -1.26. The minimum Gasteiger partial charge on any atom is -0.368 e. The minimum absolute atomic E-state index is 0.0703. The van der Waals surface area contributed by atoms with Crippen molar-refractivity contribution in [2.24, 2.45) is 0 Å². The summed E-state index contributed by atoms with van der Waals surface area (Å²) < 4.78 is 17.8. The van der Waals surface area contributed by atoms with Crippen molar-refractivity contribution in [3.8, 4) is 11.3 Å². The molecular formula is C9H5Cl2FN2O. The Morgan fingerprint density at radius 1 is 1.20 bits per heavy atom. The van der Waals surface area contributed by atoms with Crippen molar-refractivity contribution in [3.05, 3.63) is 34.1 Å². The molecule has 0 saturated carbocycles. The van der Waals surface area contributed by atoms with Gasteiger partial charge < -0.3 is 10.3 Å². The Balaban J connectivity index is 2.55. The molecule has 0 spiro atoms. The summed E-state index contributed by atoms with van der Waals surface area (Å²) in [6.07, 6.45) is 0. The van der Waals surface area contributed by atoms with E-state index in [0.29, 0.717) is 11.3 Å². The first kappa shape index (κ1) is 10.3. The number of nitrogens with two attached hydrogens (primary N) is 1. The van der Waals surface area contributed by atoms with E-state index in [0.717, 1.165) is 0 Å². The third-order valence-electron chi connectivity index (χ3n) is 1.81. The molecular weight excluding hydrogens is 242 g/mol. The first-order valence-corrected chi connectivity index (χ1v) is 4.70. The van der Waals surface area contributed by atoms with Crippen LogP contribution in [-0.4, -0.2) is 5.16 Å². The predicted octanol–water partition coefficient (Wildman–Crippen LogP) is 3.37. The molecule has 0 bridgehead atoms. The standard InChI is InChI=1S/C9H5Cl2FN2O/c10-5-1-4(2-6(11)9(5)12)7-3-8(13)15-14-7/h1-3H,13H2. The lowest BCUT2D eigenvalue weighted by Crippen LogP contribution is -1.83. The van der Waals surface area contributed by atoms with Crippen LogP contribution in [0, 0.1) is 5.82 Å². The zero-order valence-corrected chi connectivity index (χ0v) is 8.81. The molecule has 6 heteroatoms. The summed E-state index contributed by atoms with van der Waals surface area (Å²) in [6, 6.07) is 4.31. The molecule has 0 atom stereocenters. The average Bonchev–Trinajstić information content (AvgIpc) is 2.60. The van der Waals surface area contributed by atoms with Crippen molar-refractivity contribution in [1.29, 1.82) is 0 Å². The SMILES string of the molecule is Nc1cc(-c2cc(Cl)c(F)c(Cl)c2)no1. The molecule has 0 amide bonds. The fraction of sp³-hybridized carbons (Fsp3) is 0. The molecule has 0 saturated heterocycles. The van der Waals surface area contributed by atoms with Crippen molar-refractivity contribution in [3.63, 3.8) is 0 Å². The Kier molecular flexibility index (Phi) is 2.54. The average molecular weight is 247 g/mol. The zero-order valence-electron chi connectivity index (χ0n) is 7.30. The van der Waals surface area contributed by atoms with Gasteiger partial charge in [-0.3, -0.25) is 0 Å². The normalized spacial score (nSPS) is 10.6. The summed E-state index contributed by atoms with van der Waals surface area (Å²) in [5, 5.41) is 3.52. The monoisotopic (exact) mass is 246 g/mol. The van der Waals surface area contributed by atoms with E-state index in [1.54, 1.807) is 0 Å². The molecule has 0 aliphatic heterocycles. The number of benzene rings is 1. The highest BCUT2D eigenvalue weighted by Gasteiger charge is 2.11. The van der Waals surface area contributed by atoms with Gasteiger partial charge in [0.25, 0.3) is 0 Å². The van der Waals surface area contributed by atoms with Crippen LogP contribution < -0.4 is 5.73 Å². The van der Waals surface area contributed by atoms with Crippen LogP contribution in [0.15, 0.2) is 22.7 Å². The van der Waals surface area contributed by atoms with E-state index in [1.165, 1.54) is 18.2 Å². The number of nitrogens with zero attached hydrogens (tertiary/aromatic N) is 1. The maximum absolute atomic E-state index is 13.1. The Morgan fingerprint density at radius 2 is 1.80 bits per heavy atom. The van der Waals surface area contributed by atoms with Crippen LogP contribution in [0.25, 0.3) is 11.3 Å². The molecule has 0 aliphatic rings. The van der Waals surface area contributed by atoms with E-state index in [-0.39, 0.29) is 15.9 Å². The van der Waals surface area contributed by atoms with Crippen molar-refractivity contribution in [2.45, 2.75) is 0 Å². The molecule has 2 aromatic rings. The number of aromatic nitrogens is 1. The second kappa shape index (κ2) is 3.72. The Morgan fingerprint density at radius 3 is 2.27 bits per heavy atom. The fourth-order valence-corrected chi connectivity index (χ4v) is 1.62. The van der Waals surface area contributed by atoms with Gasteiger partial charge in [-0.15, -0.1) is 0 Å². The molecule has 0 fully saturated rings. The summed E-state index contributed by atoms with van der Waals surface area (Å²) in [5.41, 5.74) is 6.36. The molecule has 3 nitrogen and oxygen atoms in total. The number of anilines is 1.